The first kappa shape index (κ1) is 20.0. The minimum Gasteiger partial charge on any atom is -0.481 e. The van der Waals surface area contributed by atoms with Crippen molar-refractivity contribution in [1.82, 2.24) is 4.90 Å². The van der Waals surface area contributed by atoms with E-state index in [1.54, 1.807) is 20.8 Å². The molecular weight excluding hydrogens is 322 g/mol. The van der Waals surface area contributed by atoms with Gasteiger partial charge in [-0.3, -0.25) is 4.79 Å². The van der Waals surface area contributed by atoms with Gasteiger partial charge in [-0.25, -0.2) is 4.79 Å². The summed E-state index contributed by atoms with van der Waals surface area (Å²) in [5, 5.41) is 21.4. The van der Waals surface area contributed by atoms with Crippen LogP contribution in [-0.2, 0) is 9.53 Å². The Kier molecular flexibility index (Phi) is 5.17. The first-order chi connectivity index (χ1) is 11.3. The smallest absolute Gasteiger partial charge is 0.410 e. The van der Waals surface area contributed by atoms with Gasteiger partial charge in [-0.05, 0) is 64.7 Å². The summed E-state index contributed by atoms with van der Waals surface area (Å²) in [4.78, 5) is 26.1. The Balaban J connectivity index is 2.22. The third kappa shape index (κ3) is 4.10. The Labute approximate surface area is 150 Å². The van der Waals surface area contributed by atoms with Crippen molar-refractivity contribution in [2.24, 2.45) is 10.8 Å². The Morgan fingerprint density at radius 1 is 1.04 bits per heavy atom. The molecule has 1 amide bonds. The molecule has 6 nitrogen and oxygen atoms in total. The largest absolute Gasteiger partial charge is 0.481 e. The molecule has 2 fully saturated rings. The molecule has 1 heterocycles. The minimum absolute atomic E-state index is 0.0225. The lowest BCUT2D eigenvalue weighted by atomic mass is 9.56. The van der Waals surface area contributed by atoms with Gasteiger partial charge in [0.25, 0.3) is 0 Å². The number of carbonyl (C=O) groups is 2. The van der Waals surface area contributed by atoms with Crippen LogP contribution in [0.2, 0.25) is 0 Å². The van der Waals surface area contributed by atoms with Crippen molar-refractivity contribution in [3.63, 3.8) is 0 Å². The van der Waals surface area contributed by atoms with Gasteiger partial charge in [-0.1, -0.05) is 13.8 Å². The highest BCUT2D eigenvalue weighted by molar-refractivity contribution is 5.77. The van der Waals surface area contributed by atoms with E-state index in [0.29, 0.717) is 32.2 Å². The molecule has 0 aromatic carbocycles. The van der Waals surface area contributed by atoms with Crippen LogP contribution in [0, 0.1) is 10.8 Å². The van der Waals surface area contributed by atoms with E-state index in [2.05, 4.69) is 13.8 Å². The summed E-state index contributed by atoms with van der Waals surface area (Å²) in [5.41, 5.74) is -3.13. The van der Waals surface area contributed by atoms with E-state index in [4.69, 9.17) is 4.74 Å². The molecule has 6 heteroatoms. The van der Waals surface area contributed by atoms with Crippen LogP contribution in [0.15, 0.2) is 0 Å². The third-order valence-electron chi connectivity index (χ3n) is 5.88. The summed E-state index contributed by atoms with van der Waals surface area (Å²) in [6.07, 6.45) is 2.89. The predicted molar refractivity (Wildman–Crippen MR) is 94.3 cm³/mol. The number of aliphatic carboxylic acids is 1. The fraction of sp³-hybridized carbons (Fsp3) is 0.895. The van der Waals surface area contributed by atoms with Gasteiger partial charge in [-0.2, -0.15) is 0 Å². The maximum atomic E-state index is 12.4. The maximum absolute atomic E-state index is 12.4. The highest BCUT2D eigenvalue weighted by Crippen LogP contribution is 2.53. The molecule has 0 radical (unpaired) electrons. The summed E-state index contributed by atoms with van der Waals surface area (Å²) < 4.78 is 5.41. The molecule has 0 spiro atoms. The zero-order valence-electron chi connectivity index (χ0n) is 16.2. The summed E-state index contributed by atoms with van der Waals surface area (Å²) >= 11 is 0. The first-order valence-corrected chi connectivity index (χ1v) is 9.24. The van der Waals surface area contributed by atoms with Crippen molar-refractivity contribution < 1.29 is 24.5 Å². The van der Waals surface area contributed by atoms with E-state index in [-0.39, 0.29) is 12.0 Å². The van der Waals surface area contributed by atoms with Crippen molar-refractivity contribution in [1.29, 1.82) is 0 Å². The van der Waals surface area contributed by atoms with Crippen LogP contribution < -0.4 is 0 Å². The maximum Gasteiger partial charge on any atom is 0.410 e. The van der Waals surface area contributed by atoms with E-state index < -0.39 is 28.7 Å². The number of carbonyl (C=O) groups excluding carboxylic acids is 1. The van der Waals surface area contributed by atoms with E-state index in [1.165, 1.54) is 4.90 Å². The summed E-state index contributed by atoms with van der Waals surface area (Å²) in [7, 11) is 0. The second kappa shape index (κ2) is 6.45. The summed E-state index contributed by atoms with van der Waals surface area (Å²) in [6.45, 7) is 10.2. The monoisotopic (exact) mass is 355 g/mol. The first-order valence-electron chi connectivity index (χ1n) is 9.24. The number of hydrogen-bond donors (Lipinski definition) is 2. The van der Waals surface area contributed by atoms with Crippen LogP contribution in [0.1, 0.15) is 73.1 Å². The Morgan fingerprint density at radius 3 is 2.08 bits per heavy atom. The van der Waals surface area contributed by atoms with E-state index >= 15 is 0 Å². The van der Waals surface area contributed by atoms with Gasteiger partial charge >= 0.3 is 12.1 Å². The number of likely N-dealkylation sites (tertiary alicyclic amines) is 1. The predicted octanol–water partition coefficient (Wildman–Crippen LogP) is 3.42. The van der Waals surface area contributed by atoms with Crippen LogP contribution in [0.4, 0.5) is 4.79 Å². The zero-order valence-corrected chi connectivity index (χ0v) is 16.2. The number of nitrogens with zero attached hydrogens (tertiary/aromatic N) is 1. The molecule has 1 saturated heterocycles. The van der Waals surface area contributed by atoms with Crippen molar-refractivity contribution in [3.8, 4) is 0 Å². The molecule has 1 aliphatic heterocycles. The quantitative estimate of drug-likeness (QED) is 0.792. The average molecular weight is 355 g/mol. The lowest BCUT2D eigenvalue weighted by Crippen LogP contribution is -2.63. The number of hydrogen-bond acceptors (Lipinski definition) is 4. The molecule has 144 valence electrons. The zero-order chi connectivity index (χ0) is 19.1. The molecule has 1 aliphatic carbocycles. The van der Waals surface area contributed by atoms with Gasteiger partial charge in [-0.15, -0.1) is 0 Å². The third-order valence-corrected chi connectivity index (χ3v) is 5.88. The second-order valence-electron chi connectivity index (χ2n) is 9.59. The summed E-state index contributed by atoms with van der Waals surface area (Å²) in [5.74, 6) is -0.948. The van der Waals surface area contributed by atoms with E-state index in [0.717, 1.165) is 12.8 Å². The van der Waals surface area contributed by atoms with Crippen LogP contribution >= 0.6 is 0 Å². The van der Waals surface area contributed by atoms with Crippen LogP contribution in [0.25, 0.3) is 0 Å². The van der Waals surface area contributed by atoms with Gasteiger partial charge in [0, 0.05) is 6.54 Å². The Hall–Kier alpha value is -1.30. The number of piperidine rings is 1. The molecule has 2 aliphatic rings. The van der Waals surface area contributed by atoms with Crippen LogP contribution in [0.3, 0.4) is 0 Å². The number of ether oxygens (including phenoxy) is 1. The van der Waals surface area contributed by atoms with Gasteiger partial charge in [0.05, 0.1) is 17.6 Å². The molecule has 1 atom stereocenters. The van der Waals surface area contributed by atoms with Crippen molar-refractivity contribution in [3.05, 3.63) is 0 Å². The number of aliphatic hydroxyl groups is 1. The van der Waals surface area contributed by atoms with Crippen LogP contribution in [-0.4, -0.2) is 51.5 Å². The Bertz CT molecular complexity index is 526. The fourth-order valence-electron chi connectivity index (χ4n) is 4.14. The number of carboxylic acids is 1. The van der Waals surface area contributed by atoms with Crippen molar-refractivity contribution in [2.45, 2.75) is 84.3 Å². The second-order valence-corrected chi connectivity index (χ2v) is 9.59. The number of amides is 1. The average Bonchev–Trinajstić information content (AvgIpc) is 2.45. The highest BCUT2D eigenvalue weighted by atomic mass is 16.6. The lowest BCUT2D eigenvalue weighted by molar-refractivity contribution is -0.188. The lowest BCUT2D eigenvalue weighted by Gasteiger charge is -2.53. The molecule has 1 unspecified atom stereocenters. The molecule has 1 saturated carbocycles. The van der Waals surface area contributed by atoms with Gasteiger partial charge in [0.1, 0.15) is 5.60 Å². The SMILES string of the molecule is CC1(C)CCC(C(=O)O)(C2(O)CCCN(C(=O)OC(C)(C)C)C2)CC1. The number of β-amino-alcohol motifs (C(OH)–C–C–N with tert-alkyl or cyclic N) is 1. The molecule has 0 bridgehead atoms. The Morgan fingerprint density at radius 2 is 1.60 bits per heavy atom. The molecule has 0 aromatic rings. The molecule has 2 N–H and O–H groups in total. The summed E-state index contributed by atoms with van der Waals surface area (Å²) in [6, 6.07) is 0. The van der Waals surface area contributed by atoms with Gasteiger partial charge in [0.15, 0.2) is 0 Å². The number of rotatable bonds is 2. The topological polar surface area (TPSA) is 87.1 Å². The fourth-order valence-corrected chi connectivity index (χ4v) is 4.14. The highest BCUT2D eigenvalue weighted by Gasteiger charge is 2.59. The van der Waals surface area contributed by atoms with Crippen LogP contribution in [0.5, 0.6) is 0 Å². The molecule has 25 heavy (non-hydrogen) atoms. The minimum atomic E-state index is -1.41. The normalized spacial score (nSPS) is 29.1. The van der Waals surface area contributed by atoms with Gasteiger partial charge < -0.3 is 19.8 Å². The van der Waals surface area contributed by atoms with E-state index in [9.17, 15) is 19.8 Å². The standard InChI is InChI=1S/C19H33NO5/c1-16(2,3)25-15(23)20-12-6-7-19(24,13-20)18(14(21)22)10-8-17(4,5)9-11-18/h24H,6-13H2,1-5H3,(H,21,22). The molecule has 0 aromatic heterocycles. The van der Waals surface area contributed by atoms with Gasteiger partial charge in [0.2, 0.25) is 0 Å². The van der Waals surface area contributed by atoms with Crippen molar-refractivity contribution >= 4 is 12.1 Å². The van der Waals surface area contributed by atoms with Crippen molar-refractivity contribution in [2.75, 3.05) is 13.1 Å². The van der Waals surface area contributed by atoms with E-state index in [1.807, 2.05) is 0 Å². The molecular formula is C19H33NO5. The molecule has 2 rings (SSSR count). The number of carboxylic acid groups (broad SMARTS) is 1.